The van der Waals surface area contributed by atoms with Crippen molar-refractivity contribution in [2.45, 2.75) is 46.2 Å². The predicted molar refractivity (Wildman–Crippen MR) is 66.4 cm³/mol. The van der Waals surface area contributed by atoms with Crippen LogP contribution < -0.4 is 5.32 Å². The zero-order valence-electron chi connectivity index (χ0n) is 10.9. The Balaban J connectivity index is 2.17. The summed E-state index contributed by atoms with van der Waals surface area (Å²) in [5.41, 5.74) is 3.85. The Morgan fingerprint density at radius 3 is 2.71 bits per heavy atom. The van der Waals surface area contributed by atoms with Crippen molar-refractivity contribution < 1.29 is 0 Å². The van der Waals surface area contributed by atoms with Crippen LogP contribution in [0, 0.1) is 30.6 Å². The van der Waals surface area contributed by atoms with Crippen molar-refractivity contribution in [3.8, 4) is 6.07 Å². The number of rotatable bonds is 5. The monoisotopic (exact) mass is 232 g/mol. The molecule has 1 N–H and O–H groups in total. The van der Waals surface area contributed by atoms with Crippen molar-refractivity contribution in [2.24, 2.45) is 5.41 Å². The highest BCUT2D eigenvalue weighted by Crippen LogP contribution is 2.50. The molecule has 0 saturated heterocycles. The molecule has 1 aliphatic rings. The van der Waals surface area contributed by atoms with Crippen LogP contribution in [0.3, 0.4) is 0 Å². The van der Waals surface area contributed by atoms with Crippen LogP contribution >= 0.6 is 0 Å². The third kappa shape index (κ3) is 2.34. The van der Waals surface area contributed by atoms with Crippen LogP contribution in [0.2, 0.25) is 0 Å². The maximum Gasteiger partial charge on any atom is 0.0641 e. The van der Waals surface area contributed by atoms with Crippen LogP contribution in [0.5, 0.6) is 0 Å². The molecule has 17 heavy (non-hydrogen) atoms. The molecular formula is C13H20N4. The van der Waals surface area contributed by atoms with Gasteiger partial charge in [0.25, 0.3) is 0 Å². The molecule has 4 nitrogen and oxygen atoms in total. The van der Waals surface area contributed by atoms with Gasteiger partial charge in [0.2, 0.25) is 0 Å². The SMILES string of the molecule is CNCc1c(C)nn(CC2(CC#N)CC2)c1C. The van der Waals surface area contributed by atoms with Gasteiger partial charge in [-0.3, -0.25) is 4.68 Å². The number of nitriles is 1. The Morgan fingerprint density at radius 1 is 1.47 bits per heavy atom. The van der Waals surface area contributed by atoms with Crippen LogP contribution in [0.4, 0.5) is 0 Å². The highest BCUT2D eigenvalue weighted by molar-refractivity contribution is 5.24. The minimum absolute atomic E-state index is 0.217. The Hall–Kier alpha value is -1.34. The number of hydrogen-bond donors (Lipinski definition) is 1. The Bertz CT molecular complexity index is 449. The molecular weight excluding hydrogens is 212 g/mol. The average Bonchev–Trinajstić information content (AvgIpc) is 2.99. The predicted octanol–water partition coefficient (Wildman–Crippen LogP) is 1.91. The van der Waals surface area contributed by atoms with Crippen molar-refractivity contribution in [3.05, 3.63) is 17.0 Å². The molecule has 1 aromatic heterocycles. The first-order chi connectivity index (χ1) is 8.12. The summed E-state index contributed by atoms with van der Waals surface area (Å²) in [5, 5.41) is 16.6. The highest BCUT2D eigenvalue weighted by Gasteiger charge is 2.43. The third-order valence-corrected chi connectivity index (χ3v) is 3.78. The van der Waals surface area contributed by atoms with E-state index < -0.39 is 0 Å². The van der Waals surface area contributed by atoms with Crippen LogP contribution in [-0.2, 0) is 13.1 Å². The first kappa shape index (κ1) is 12.1. The molecule has 0 unspecified atom stereocenters. The van der Waals surface area contributed by atoms with Gasteiger partial charge in [-0.25, -0.2) is 0 Å². The van der Waals surface area contributed by atoms with Gasteiger partial charge in [-0.15, -0.1) is 0 Å². The molecule has 1 aromatic rings. The molecule has 0 bridgehead atoms. The van der Waals surface area contributed by atoms with Gasteiger partial charge < -0.3 is 5.32 Å². The van der Waals surface area contributed by atoms with Gasteiger partial charge in [0.1, 0.15) is 0 Å². The molecule has 2 rings (SSSR count). The van der Waals surface area contributed by atoms with E-state index in [9.17, 15) is 0 Å². The van der Waals surface area contributed by atoms with Crippen LogP contribution in [0.25, 0.3) is 0 Å². The zero-order chi connectivity index (χ0) is 12.5. The normalized spacial score (nSPS) is 16.8. The number of nitrogens with one attached hydrogen (secondary N) is 1. The highest BCUT2D eigenvalue weighted by atomic mass is 15.3. The second-order valence-corrected chi connectivity index (χ2v) is 5.17. The number of aromatic nitrogens is 2. The largest absolute Gasteiger partial charge is 0.316 e. The smallest absolute Gasteiger partial charge is 0.0641 e. The van der Waals surface area contributed by atoms with Crippen molar-refractivity contribution in [1.29, 1.82) is 5.26 Å². The molecule has 1 fully saturated rings. The summed E-state index contributed by atoms with van der Waals surface area (Å²) in [5.74, 6) is 0. The van der Waals surface area contributed by atoms with E-state index in [-0.39, 0.29) is 5.41 Å². The standard InChI is InChI=1S/C13H20N4/c1-10-12(8-15-3)11(2)17(16-10)9-13(4-5-13)6-7-14/h15H,4-6,8-9H2,1-3H3. The summed E-state index contributed by atoms with van der Waals surface area (Å²) < 4.78 is 2.09. The fraction of sp³-hybridized carbons (Fsp3) is 0.692. The Labute approximate surface area is 103 Å². The summed E-state index contributed by atoms with van der Waals surface area (Å²) in [6.07, 6.45) is 2.99. The first-order valence-corrected chi connectivity index (χ1v) is 6.16. The number of hydrogen-bond acceptors (Lipinski definition) is 3. The lowest BCUT2D eigenvalue weighted by Crippen LogP contribution is -2.14. The van der Waals surface area contributed by atoms with Crippen molar-refractivity contribution in [3.63, 3.8) is 0 Å². The van der Waals surface area contributed by atoms with Gasteiger partial charge in [-0.1, -0.05) is 0 Å². The Morgan fingerprint density at radius 2 is 2.18 bits per heavy atom. The molecule has 0 aromatic carbocycles. The molecule has 0 amide bonds. The van der Waals surface area contributed by atoms with E-state index in [1.165, 1.54) is 24.1 Å². The van der Waals surface area contributed by atoms with E-state index in [0.29, 0.717) is 6.42 Å². The van der Waals surface area contributed by atoms with Gasteiger partial charge in [0.05, 0.1) is 11.8 Å². The van der Waals surface area contributed by atoms with Crippen LogP contribution in [-0.4, -0.2) is 16.8 Å². The lowest BCUT2D eigenvalue weighted by Gasteiger charge is -2.12. The zero-order valence-corrected chi connectivity index (χ0v) is 10.9. The van der Waals surface area contributed by atoms with Crippen molar-refractivity contribution in [2.75, 3.05) is 7.05 Å². The molecule has 1 heterocycles. The third-order valence-electron chi connectivity index (χ3n) is 3.78. The van der Waals surface area contributed by atoms with E-state index in [1.54, 1.807) is 0 Å². The molecule has 1 aliphatic carbocycles. The minimum atomic E-state index is 0.217. The summed E-state index contributed by atoms with van der Waals surface area (Å²) in [7, 11) is 1.95. The van der Waals surface area contributed by atoms with Gasteiger partial charge in [-0.05, 0) is 33.7 Å². The molecule has 1 saturated carbocycles. The lowest BCUT2D eigenvalue weighted by molar-refractivity contribution is 0.397. The van der Waals surface area contributed by atoms with Crippen LogP contribution in [0.1, 0.15) is 36.2 Å². The minimum Gasteiger partial charge on any atom is -0.316 e. The summed E-state index contributed by atoms with van der Waals surface area (Å²) in [4.78, 5) is 0. The maximum absolute atomic E-state index is 8.84. The second kappa shape index (κ2) is 4.50. The summed E-state index contributed by atoms with van der Waals surface area (Å²) >= 11 is 0. The Kier molecular flexibility index (Phi) is 3.21. The van der Waals surface area contributed by atoms with Gasteiger partial charge in [0.15, 0.2) is 0 Å². The average molecular weight is 232 g/mol. The second-order valence-electron chi connectivity index (χ2n) is 5.17. The van der Waals surface area contributed by atoms with Gasteiger partial charge in [0, 0.05) is 36.2 Å². The van der Waals surface area contributed by atoms with Crippen LogP contribution in [0.15, 0.2) is 0 Å². The molecule has 92 valence electrons. The van der Waals surface area contributed by atoms with E-state index in [4.69, 9.17) is 5.26 Å². The lowest BCUT2D eigenvalue weighted by atomic mass is 10.0. The molecule has 0 aliphatic heterocycles. The first-order valence-electron chi connectivity index (χ1n) is 6.16. The van der Waals surface area contributed by atoms with E-state index in [0.717, 1.165) is 18.8 Å². The number of aryl methyl sites for hydroxylation is 1. The maximum atomic E-state index is 8.84. The van der Waals surface area contributed by atoms with Crippen molar-refractivity contribution in [1.82, 2.24) is 15.1 Å². The molecule has 4 heteroatoms. The molecule has 0 atom stereocenters. The van der Waals surface area contributed by atoms with E-state index >= 15 is 0 Å². The van der Waals surface area contributed by atoms with Crippen molar-refractivity contribution >= 4 is 0 Å². The summed E-state index contributed by atoms with van der Waals surface area (Å²) in [6, 6.07) is 2.30. The van der Waals surface area contributed by atoms with E-state index in [1.807, 2.05) is 7.05 Å². The fourth-order valence-electron chi connectivity index (χ4n) is 2.37. The molecule has 0 radical (unpaired) electrons. The fourth-order valence-corrected chi connectivity index (χ4v) is 2.37. The van der Waals surface area contributed by atoms with E-state index in [2.05, 4.69) is 35.0 Å². The van der Waals surface area contributed by atoms with Gasteiger partial charge >= 0.3 is 0 Å². The number of nitrogens with zero attached hydrogens (tertiary/aromatic N) is 3. The summed E-state index contributed by atoms with van der Waals surface area (Å²) in [6.45, 7) is 5.94. The topological polar surface area (TPSA) is 53.6 Å². The molecule has 0 spiro atoms. The van der Waals surface area contributed by atoms with Gasteiger partial charge in [-0.2, -0.15) is 10.4 Å². The quantitative estimate of drug-likeness (QED) is 0.843.